The van der Waals surface area contributed by atoms with E-state index in [1.54, 1.807) is 11.8 Å². The normalized spacial score (nSPS) is 18.3. The highest BCUT2D eigenvalue weighted by molar-refractivity contribution is 7.98. The Bertz CT molecular complexity index is 187. The lowest BCUT2D eigenvalue weighted by Crippen LogP contribution is -2.46. The molecule has 1 atom stereocenters. The Labute approximate surface area is 89.2 Å². The first kappa shape index (κ1) is 11.9. The molecule has 80 valence electrons. The zero-order valence-electron chi connectivity index (χ0n) is 8.62. The Morgan fingerprint density at radius 2 is 2.21 bits per heavy atom. The van der Waals surface area contributed by atoms with Crippen LogP contribution in [0, 0.1) is 0 Å². The number of hydrogen-bond acceptors (Lipinski definition) is 4. The van der Waals surface area contributed by atoms with E-state index in [-0.39, 0.29) is 19.0 Å². The maximum absolute atomic E-state index is 10.9. The number of rotatable bonds is 5. The summed E-state index contributed by atoms with van der Waals surface area (Å²) >= 11 is 1.75. The van der Waals surface area contributed by atoms with Gasteiger partial charge < -0.3 is 14.6 Å². The van der Waals surface area contributed by atoms with Crippen molar-refractivity contribution in [3.8, 4) is 0 Å². The van der Waals surface area contributed by atoms with E-state index in [1.165, 1.54) is 6.92 Å². The van der Waals surface area contributed by atoms with Gasteiger partial charge in [0.05, 0.1) is 19.2 Å². The van der Waals surface area contributed by atoms with Crippen LogP contribution in [0.15, 0.2) is 0 Å². The van der Waals surface area contributed by atoms with Crippen LogP contribution >= 0.6 is 11.8 Å². The van der Waals surface area contributed by atoms with E-state index in [4.69, 9.17) is 9.31 Å². The molecule has 1 amide bonds. The van der Waals surface area contributed by atoms with E-state index < -0.39 is 0 Å². The van der Waals surface area contributed by atoms with Gasteiger partial charge in [-0.3, -0.25) is 4.79 Å². The molecule has 14 heavy (non-hydrogen) atoms. The molecule has 0 radical (unpaired) electrons. The minimum absolute atomic E-state index is 0.0116. The number of hydrogen-bond donors (Lipinski definition) is 1. The lowest BCUT2D eigenvalue weighted by molar-refractivity contribution is -0.119. The molecule has 0 aromatic heterocycles. The van der Waals surface area contributed by atoms with Crippen LogP contribution < -0.4 is 5.32 Å². The van der Waals surface area contributed by atoms with E-state index in [0.717, 1.165) is 12.2 Å². The molecule has 6 heteroatoms. The summed E-state index contributed by atoms with van der Waals surface area (Å²) in [6.45, 7) is 2.76. The first-order valence-electron chi connectivity index (χ1n) is 4.73. The fourth-order valence-electron chi connectivity index (χ4n) is 1.39. The maximum atomic E-state index is 10.9. The van der Waals surface area contributed by atoms with E-state index >= 15 is 0 Å². The summed E-state index contributed by atoms with van der Waals surface area (Å²) in [6, 6.07) is 0. The maximum Gasteiger partial charge on any atom is 0.481 e. The van der Waals surface area contributed by atoms with Crippen LogP contribution in [0.4, 0.5) is 0 Å². The zero-order chi connectivity index (χ0) is 10.4. The monoisotopic (exact) mass is 217 g/mol. The second-order valence-corrected chi connectivity index (χ2v) is 4.18. The first-order chi connectivity index (χ1) is 6.74. The van der Waals surface area contributed by atoms with Gasteiger partial charge in [-0.25, -0.2) is 0 Å². The van der Waals surface area contributed by atoms with Crippen LogP contribution in [0.2, 0.25) is 0 Å². The van der Waals surface area contributed by atoms with Crippen molar-refractivity contribution in [3.05, 3.63) is 0 Å². The molecule has 1 fully saturated rings. The second-order valence-electron chi connectivity index (χ2n) is 3.20. The molecule has 0 aliphatic carbocycles. The quantitative estimate of drug-likeness (QED) is 0.673. The molecule has 4 nitrogen and oxygen atoms in total. The molecule has 1 rings (SSSR count). The van der Waals surface area contributed by atoms with Crippen LogP contribution in [0.25, 0.3) is 0 Å². The van der Waals surface area contributed by atoms with Gasteiger partial charge in [0.2, 0.25) is 5.91 Å². The lowest BCUT2D eigenvalue weighted by atomic mass is 9.77. The first-order valence-corrected chi connectivity index (χ1v) is 6.12. The Hall–Kier alpha value is -0.195. The molecule has 0 unspecified atom stereocenters. The second kappa shape index (κ2) is 6.32. The largest absolute Gasteiger partial charge is 0.481 e. The molecule has 1 aliphatic heterocycles. The molecule has 0 saturated carbocycles. The van der Waals surface area contributed by atoms with Gasteiger partial charge in [0.25, 0.3) is 0 Å². The minimum Gasteiger partial charge on any atom is -0.407 e. The van der Waals surface area contributed by atoms with Gasteiger partial charge in [-0.05, 0) is 18.4 Å². The molecule has 1 aliphatic rings. The van der Waals surface area contributed by atoms with E-state index in [0.29, 0.717) is 13.2 Å². The summed E-state index contributed by atoms with van der Waals surface area (Å²) in [6.07, 6.45) is 2.92. The van der Waals surface area contributed by atoms with Gasteiger partial charge in [0.1, 0.15) is 0 Å². The van der Waals surface area contributed by atoms with Crippen molar-refractivity contribution in [2.45, 2.75) is 19.3 Å². The van der Waals surface area contributed by atoms with E-state index in [2.05, 4.69) is 5.32 Å². The smallest absolute Gasteiger partial charge is 0.407 e. The van der Waals surface area contributed by atoms with Crippen molar-refractivity contribution < 1.29 is 14.1 Å². The molecule has 0 aromatic rings. The molecule has 1 saturated heterocycles. The summed E-state index contributed by atoms with van der Waals surface area (Å²) < 4.78 is 10.7. The third kappa shape index (κ3) is 3.90. The zero-order valence-corrected chi connectivity index (χ0v) is 9.43. The highest BCUT2D eigenvalue weighted by Gasteiger charge is 2.33. The van der Waals surface area contributed by atoms with E-state index in [1.807, 2.05) is 6.26 Å². The lowest BCUT2D eigenvalue weighted by Gasteiger charge is -2.18. The minimum atomic E-state index is -0.258. The van der Waals surface area contributed by atoms with Gasteiger partial charge in [-0.1, -0.05) is 0 Å². The molecule has 0 bridgehead atoms. The number of amides is 1. The summed E-state index contributed by atoms with van der Waals surface area (Å²) in [5.74, 6) is 0.950. The molecule has 0 spiro atoms. The Morgan fingerprint density at radius 1 is 1.57 bits per heavy atom. The van der Waals surface area contributed by atoms with E-state index in [9.17, 15) is 4.79 Å². The highest BCUT2D eigenvalue weighted by Crippen LogP contribution is 2.10. The SMILES string of the molecule is CSCC[C@@H](NC(C)=O)B1OCCO1. The number of carbonyl (C=O) groups is 1. The average molecular weight is 217 g/mol. The Morgan fingerprint density at radius 3 is 2.71 bits per heavy atom. The Kier molecular flexibility index (Phi) is 5.36. The topological polar surface area (TPSA) is 47.6 Å². The average Bonchev–Trinajstić information content (AvgIpc) is 2.64. The van der Waals surface area contributed by atoms with Crippen molar-refractivity contribution in [1.82, 2.24) is 5.32 Å². The van der Waals surface area contributed by atoms with Crippen LogP contribution in [0.1, 0.15) is 13.3 Å². The third-order valence-corrected chi connectivity index (χ3v) is 2.64. The van der Waals surface area contributed by atoms with Gasteiger partial charge in [0, 0.05) is 6.92 Å². The van der Waals surface area contributed by atoms with Gasteiger partial charge >= 0.3 is 7.12 Å². The molecular formula is C8H16BNO3S. The van der Waals surface area contributed by atoms with Crippen molar-refractivity contribution in [2.75, 3.05) is 25.2 Å². The van der Waals surface area contributed by atoms with Crippen molar-refractivity contribution in [1.29, 1.82) is 0 Å². The third-order valence-electron chi connectivity index (χ3n) is 2.00. The fraction of sp³-hybridized carbons (Fsp3) is 0.875. The molecule has 1 heterocycles. The number of thioether (sulfide) groups is 1. The molecule has 0 aromatic carbocycles. The van der Waals surface area contributed by atoms with Crippen LogP contribution in [-0.4, -0.2) is 44.2 Å². The van der Waals surface area contributed by atoms with Gasteiger partial charge in [0.15, 0.2) is 0 Å². The van der Waals surface area contributed by atoms with Crippen LogP contribution in [0.5, 0.6) is 0 Å². The summed E-state index contributed by atoms with van der Waals surface area (Å²) in [5.41, 5.74) is 0. The van der Waals surface area contributed by atoms with Crippen molar-refractivity contribution >= 4 is 24.8 Å². The standard InChI is InChI=1S/C8H16BNO3S/c1-7(11)10-8(3-6-14-2)9-12-4-5-13-9/h8H,3-6H2,1-2H3,(H,10,11)/t8-/m1/s1. The number of carbonyl (C=O) groups excluding carboxylic acids is 1. The van der Waals surface area contributed by atoms with Gasteiger partial charge in [-0.2, -0.15) is 11.8 Å². The predicted octanol–water partition coefficient (Wildman–Crippen LogP) is 0.318. The summed E-state index contributed by atoms with van der Waals surface area (Å²) in [4.78, 5) is 10.9. The van der Waals surface area contributed by atoms with Crippen LogP contribution in [0.3, 0.4) is 0 Å². The van der Waals surface area contributed by atoms with Crippen molar-refractivity contribution in [3.63, 3.8) is 0 Å². The summed E-state index contributed by atoms with van der Waals surface area (Å²) in [7, 11) is -0.258. The predicted molar refractivity (Wildman–Crippen MR) is 58.3 cm³/mol. The van der Waals surface area contributed by atoms with Gasteiger partial charge in [-0.15, -0.1) is 0 Å². The Balaban J connectivity index is 2.37. The molecular weight excluding hydrogens is 201 g/mol. The summed E-state index contributed by atoms with van der Waals surface area (Å²) in [5, 5.41) is 2.85. The molecule has 1 N–H and O–H groups in total. The van der Waals surface area contributed by atoms with Crippen LogP contribution in [-0.2, 0) is 14.1 Å². The fourth-order valence-corrected chi connectivity index (χ4v) is 1.88. The van der Waals surface area contributed by atoms with Crippen molar-refractivity contribution in [2.24, 2.45) is 0 Å². The highest BCUT2D eigenvalue weighted by atomic mass is 32.2. The number of nitrogens with one attached hydrogen (secondary N) is 1.